The van der Waals surface area contributed by atoms with Crippen molar-refractivity contribution in [2.24, 2.45) is 5.92 Å². The number of anilines is 2. The molecule has 3 aromatic rings. The van der Waals surface area contributed by atoms with Gasteiger partial charge in [0.15, 0.2) is 17.3 Å². The van der Waals surface area contributed by atoms with Gasteiger partial charge in [0.25, 0.3) is 5.91 Å². The zero-order valence-electron chi connectivity index (χ0n) is 24.1. The third kappa shape index (κ3) is 2.99. The zero-order valence-corrected chi connectivity index (χ0v) is 24.1. The van der Waals surface area contributed by atoms with Crippen LogP contribution in [0.25, 0.3) is 0 Å². The van der Waals surface area contributed by atoms with Crippen LogP contribution in [-0.2, 0) is 27.0 Å². The van der Waals surface area contributed by atoms with E-state index in [4.69, 9.17) is 14.2 Å². The van der Waals surface area contributed by atoms with E-state index < -0.39 is 16.9 Å². The molecule has 2 spiro atoms. The molecule has 4 aliphatic rings. The Morgan fingerprint density at radius 1 is 0.929 bits per heavy atom. The summed E-state index contributed by atoms with van der Waals surface area (Å²) >= 11 is 0. The molecule has 2 fully saturated rings. The van der Waals surface area contributed by atoms with E-state index in [-0.39, 0.29) is 23.6 Å². The number of carbonyl (C=O) groups excluding carboxylic acids is 3. The molecule has 4 aliphatic heterocycles. The molecule has 0 radical (unpaired) electrons. The van der Waals surface area contributed by atoms with E-state index in [2.05, 4.69) is 15.5 Å². The molecule has 0 unspecified atom stereocenters. The second-order valence-electron chi connectivity index (χ2n) is 11.3. The van der Waals surface area contributed by atoms with Crippen LogP contribution in [-0.4, -0.2) is 56.4 Å². The summed E-state index contributed by atoms with van der Waals surface area (Å²) in [7, 11) is 4.51. The minimum absolute atomic E-state index is 0.247. The third-order valence-corrected chi connectivity index (χ3v) is 9.83. The molecule has 9 heteroatoms. The molecule has 216 valence electrons. The summed E-state index contributed by atoms with van der Waals surface area (Å²) in [5.74, 6) is -0.657. The molecular formula is C33H33N3O6. The van der Waals surface area contributed by atoms with E-state index in [0.29, 0.717) is 53.4 Å². The number of carbonyl (C=O) groups is 3. The number of ether oxygens (including phenoxy) is 3. The van der Waals surface area contributed by atoms with Gasteiger partial charge in [0.2, 0.25) is 11.7 Å². The first-order chi connectivity index (χ1) is 20.4. The molecule has 4 heterocycles. The molecule has 3 aromatic carbocycles. The minimum atomic E-state index is -1.52. The summed E-state index contributed by atoms with van der Waals surface area (Å²) in [4.78, 5) is 46.6. The Kier molecular flexibility index (Phi) is 5.89. The van der Waals surface area contributed by atoms with Crippen LogP contribution in [0.1, 0.15) is 46.8 Å². The number of nitrogens with one attached hydrogen (secondary N) is 2. The average Bonchev–Trinajstić information content (AvgIpc) is 3.74. The molecule has 9 nitrogen and oxygen atoms in total. The third-order valence-electron chi connectivity index (χ3n) is 9.83. The van der Waals surface area contributed by atoms with Crippen LogP contribution in [0.15, 0.2) is 54.6 Å². The number of amides is 2. The van der Waals surface area contributed by atoms with Crippen molar-refractivity contribution in [3.05, 3.63) is 76.9 Å². The number of aryl methyl sites for hydroxylation is 1. The number of hydrogen-bond donors (Lipinski definition) is 2. The van der Waals surface area contributed by atoms with Gasteiger partial charge >= 0.3 is 0 Å². The molecule has 4 atom stereocenters. The Morgan fingerprint density at radius 3 is 2.33 bits per heavy atom. The normalized spacial score (nSPS) is 27.0. The van der Waals surface area contributed by atoms with Crippen LogP contribution < -0.4 is 24.8 Å². The summed E-state index contributed by atoms with van der Waals surface area (Å²) in [5.41, 5.74) is 1.18. The molecule has 0 aliphatic carbocycles. The minimum Gasteiger partial charge on any atom is -0.493 e. The fourth-order valence-electron chi connectivity index (χ4n) is 8.36. The zero-order chi connectivity index (χ0) is 29.4. The highest BCUT2D eigenvalue weighted by molar-refractivity contribution is 6.21. The SMILES string of the molecule is CCc1cccc2c1NC(=O)[C@]21N2CCC[C@H]2[C@@H](C(=O)c2cc(OC)c(OC)c(OC)c2)[C@]12C(=O)Nc1ccccc12. The van der Waals surface area contributed by atoms with Crippen LogP contribution >= 0.6 is 0 Å². The van der Waals surface area contributed by atoms with Crippen molar-refractivity contribution in [3.63, 3.8) is 0 Å². The largest absolute Gasteiger partial charge is 0.493 e. The van der Waals surface area contributed by atoms with Crippen LogP contribution in [0.5, 0.6) is 17.2 Å². The lowest BCUT2D eigenvalue weighted by molar-refractivity contribution is -0.137. The number of fused-ring (bicyclic) bond motifs is 7. The van der Waals surface area contributed by atoms with Gasteiger partial charge in [-0.25, -0.2) is 0 Å². The lowest BCUT2D eigenvalue weighted by Crippen LogP contribution is -2.62. The molecule has 42 heavy (non-hydrogen) atoms. The maximum atomic E-state index is 15.0. The van der Waals surface area contributed by atoms with E-state index in [0.717, 1.165) is 23.2 Å². The molecule has 2 amide bonds. The van der Waals surface area contributed by atoms with Gasteiger partial charge in [-0.15, -0.1) is 0 Å². The maximum absolute atomic E-state index is 15.0. The quantitative estimate of drug-likeness (QED) is 0.428. The van der Waals surface area contributed by atoms with Gasteiger partial charge < -0.3 is 24.8 Å². The maximum Gasteiger partial charge on any atom is 0.251 e. The summed E-state index contributed by atoms with van der Waals surface area (Å²) in [6.07, 6.45) is 2.20. The van der Waals surface area contributed by atoms with Crippen molar-refractivity contribution in [1.29, 1.82) is 0 Å². The summed E-state index contributed by atoms with van der Waals surface area (Å²) in [6, 6.07) is 16.3. The fourth-order valence-corrected chi connectivity index (χ4v) is 8.36. The molecule has 7 rings (SSSR count). The first kappa shape index (κ1) is 26.5. The fraction of sp³-hybridized carbons (Fsp3) is 0.364. The number of hydrogen-bond acceptors (Lipinski definition) is 7. The highest BCUT2D eigenvalue weighted by Crippen LogP contribution is 2.68. The van der Waals surface area contributed by atoms with E-state index in [1.807, 2.05) is 49.4 Å². The summed E-state index contributed by atoms with van der Waals surface area (Å²) in [5, 5.41) is 6.27. The average molecular weight is 568 g/mol. The van der Waals surface area contributed by atoms with Gasteiger partial charge in [-0.2, -0.15) is 0 Å². The highest BCUT2D eigenvalue weighted by atomic mass is 16.5. The number of benzene rings is 3. The molecule has 0 aromatic heterocycles. The second-order valence-corrected chi connectivity index (χ2v) is 11.3. The number of Topliss-reactive ketones (excluding diaryl/α,β-unsaturated/α-hetero) is 1. The van der Waals surface area contributed by atoms with E-state index in [9.17, 15) is 9.59 Å². The predicted molar refractivity (Wildman–Crippen MR) is 157 cm³/mol. The van der Waals surface area contributed by atoms with Crippen LogP contribution in [0.2, 0.25) is 0 Å². The Morgan fingerprint density at radius 2 is 1.64 bits per heavy atom. The van der Waals surface area contributed by atoms with Gasteiger partial charge in [0, 0.05) is 28.5 Å². The van der Waals surface area contributed by atoms with Gasteiger partial charge in [-0.05, 0) is 55.1 Å². The number of rotatable bonds is 6. The standard InChI is InChI=1S/C33H33N3O6/c1-5-18-10-8-12-21-27(18)35-31(39)33(21)32(20-11-6-7-13-22(20)34-30(32)38)26(23-14-9-15-36(23)33)28(37)19-16-24(40-2)29(42-4)25(17-19)41-3/h6-8,10-13,16-17,23,26H,5,9,14-15H2,1-4H3,(H,34,38)(H,35,39)/t23-,26-,32+,33+/m0/s1. The van der Waals surface area contributed by atoms with Gasteiger partial charge in [0.1, 0.15) is 11.0 Å². The lowest BCUT2D eigenvalue weighted by atomic mass is 9.57. The first-order valence-corrected chi connectivity index (χ1v) is 14.4. The van der Waals surface area contributed by atoms with E-state index in [1.54, 1.807) is 12.1 Å². The van der Waals surface area contributed by atoms with E-state index in [1.165, 1.54) is 21.3 Å². The topological polar surface area (TPSA) is 106 Å². The monoisotopic (exact) mass is 567 g/mol. The molecule has 0 bridgehead atoms. The molecule has 2 saturated heterocycles. The van der Waals surface area contributed by atoms with Crippen LogP contribution in [0.4, 0.5) is 11.4 Å². The van der Waals surface area contributed by atoms with Crippen molar-refractivity contribution >= 4 is 29.0 Å². The van der Waals surface area contributed by atoms with Crippen molar-refractivity contribution in [3.8, 4) is 17.2 Å². The number of nitrogens with zero attached hydrogens (tertiary/aromatic N) is 1. The number of ketones is 1. The number of para-hydroxylation sites is 2. The van der Waals surface area contributed by atoms with Gasteiger partial charge in [-0.1, -0.05) is 43.3 Å². The van der Waals surface area contributed by atoms with Crippen LogP contribution in [0, 0.1) is 5.92 Å². The van der Waals surface area contributed by atoms with E-state index >= 15 is 4.79 Å². The lowest BCUT2D eigenvalue weighted by Gasteiger charge is -2.43. The Labute approximate surface area is 244 Å². The van der Waals surface area contributed by atoms with Gasteiger partial charge in [0.05, 0.1) is 27.2 Å². The first-order valence-electron chi connectivity index (χ1n) is 14.4. The number of methoxy groups -OCH3 is 3. The Balaban J connectivity index is 1.55. The smallest absolute Gasteiger partial charge is 0.251 e. The summed E-state index contributed by atoms with van der Waals surface area (Å²) in [6.45, 7) is 2.63. The second kappa shape index (κ2) is 9.32. The Hall–Kier alpha value is -4.37. The molecule has 0 saturated carbocycles. The predicted octanol–water partition coefficient (Wildman–Crippen LogP) is 4.29. The molecule has 2 N–H and O–H groups in total. The molecular weight excluding hydrogens is 534 g/mol. The Bertz CT molecular complexity index is 1640. The van der Waals surface area contributed by atoms with Crippen LogP contribution in [0.3, 0.4) is 0 Å². The van der Waals surface area contributed by atoms with Crippen molar-refractivity contribution in [2.75, 3.05) is 38.5 Å². The highest BCUT2D eigenvalue weighted by Gasteiger charge is 2.81. The van der Waals surface area contributed by atoms with Crippen molar-refractivity contribution in [2.45, 2.75) is 43.2 Å². The van der Waals surface area contributed by atoms with Crippen molar-refractivity contribution < 1.29 is 28.6 Å². The summed E-state index contributed by atoms with van der Waals surface area (Å²) < 4.78 is 16.7. The van der Waals surface area contributed by atoms with Gasteiger partial charge in [-0.3, -0.25) is 19.3 Å². The van der Waals surface area contributed by atoms with Crippen molar-refractivity contribution in [1.82, 2.24) is 4.90 Å².